The first-order chi connectivity index (χ1) is 15.2. The van der Waals surface area contributed by atoms with Crippen molar-refractivity contribution in [2.75, 3.05) is 23.3 Å². The molecular formula is C23H22BrF3N4O. The van der Waals surface area contributed by atoms with Gasteiger partial charge < -0.3 is 14.8 Å². The van der Waals surface area contributed by atoms with E-state index in [0.717, 1.165) is 40.7 Å². The van der Waals surface area contributed by atoms with E-state index in [9.17, 15) is 18.0 Å². The molecule has 5 nitrogen and oxygen atoms in total. The van der Waals surface area contributed by atoms with Crippen molar-refractivity contribution in [3.05, 3.63) is 52.8 Å². The quantitative estimate of drug-likeness (QED) is 0.472. The van der Waals surface area contributed by atoms with Gasteiger partial charge in [0.25, 0.3) is 5.91 Å². The van der Waals surface area contributed by atoms with Gasteiger partial charge in [0.2, 0.25) is 0 Å². The van der Waals surface area contributed by atoms with Crippen molar-refractivity contribution in [1.82, 2.24) is 9.55 Å². The average Bonchev–Trinajstić information content (AvgIpc) is 3.38. The van der Waals surface area contributed by atoms with Crippen LogP contribution in [0, 0.1) is 5.41 Å². The number of carbonyl (C=O) groups excluding carboxylic acids is 1. The molecule has 2 aliphatic rings. The standard InChI is InChI=1S/C23H22BrF3N4O/c24-15-1-3-17(19(11-15)30-9-7-22(5-6-22)8-10-30)21(32)29-16-2-4-18-20(12-16)31(14-28-18)13-23(25,26)27/h1-4,11-12,14H,5-10,13H2,(H,29,32). The Morgan fingerprint density at radius 2 is 1.84 bits per heavy atom. The number of imidazole rings is 1. The molecule has 0 atom stereocenters. The first kappa shape index (κ1) is 21.3. The number of amides is 1. The van der Waals surface area contributed by atoms with Crippen molar-refractivity contribution >= 4 is 44.2 Å². The second kappa shape index (κ2) is 7.79. The fraction of sp³-hybridized carbons (Fsp3) is 0.391. The molecule has 1 saturated carbocycles. The van der Waals surface area contributed by atoms with Crippen LogP contribution in [0.15, 0.2) is 47.2 Å². The molecule has 1 amide bonds. The lowest BCUT2D eigenvalue weighted by Crippen LogP contribution is -2.35. The number of nitrogens with zero attached hydrogens (tertiary/aromatic N) is 3. The molecule has 1 N–H and O–H groups in total. The summed E-state index contributed by atoms with van der Waals surface area (Å²) in [5.41, 5.74) is 3.13. The molecule has 9 heteroatoms. The predicted octanol–water partition coefficient (Wildman–Crippen LogP) is 5.99. The molecule has 1 aromatic heterocycles. The van der Waals surface area contributed by atoms with Crippen molar-refractivity contribution in [3.8, 4) is 0 Å². The first-order valence-corrected chi connectivity index (χ1v) is 11.4. The van der Waals surface area contributed by atoms with Crippen molar-refractivity contribution in [3.63, 3.8) is 0 Å². The summed E-state index contributed by atoms with van der Waals surface area (Å²) in [5.74, 6) is -0.291. The van der Waals surface area contributed by atoms with Gasteiger partial charge in [-0.1, -0.05) is 15.9 Å². The number of fused-ring (bicyclic) bond motifs is 1. The van der Waals surface area contributed by atoms with Gasteiger partial charge in [-0.3, -0.25) is 4.79 Å². The van der Waals surface area contributed by atoms with Gasteiger partial charge in [-0.05, 0) is 67.5 Å². The number of piperidine rings is 1. The molecule has 0 radical (unpaired) electrons. The number of aromatic nitrogens is 2. The van der Waals surface area contributed by atoms with Gasteiger partial charge >= 0.3 is 6.18 Å². The summed E-state index contributed by atoms with van der Waals surface area (Å²) in [6.07, 6.45) is 1.70. The van der Waals surface area contributed by atoms with Crippen LogP contribution in [0.2, 0.25) is 0 Å². The highest BCUT2D eigenvalue weighted by atomic mass is 79.9. The van der Waals surface area contributed by atoms with Crippen LogP contribution in [0.1, 0.15) is 36.0 Å². The van der Waals surface area contributed by atoms with Gasteiger partial charge in [0.05, 0.1) is 28.6 Å². The van der Waals surface area contributed by atoms with Crippen LogP contribution in [-0.4, -0.2) is 34.7 Å². The van der Waals surface area contributed by atoms with Crippen LogP contribution in [-0.2, 0) is 6.54 Å². The number of hydrogen-bond acceptors (Lipinski definition) is 3. The Hall–Kier alpha value is -2.55. The Kier molecular flexibility index (Phi) is 5.19. The molecule has 1 aliphatic heterocycles. The van der Waals surface area contributed by atoms with E-state index in [1.165, 1.54) is 25.2 Å². The monoisotopic (exact) mass is 506 g/mol. The third kappa shape index (κ3) is 4.35. The van der Waals surface area contributed by atoms with Crippen LogP contribution in [0.25, 0.3) is 11.0 Å². The van der Waals surface area contributed by atoms with Crippen LogP contribution < -0.4 is 10.2 Å². The maximum atomic E-state index is 13.2. The van der Waals surface area contributed by atoms with Crippen molar-refractivity contribution in [1.29, 1.82) is 0 Å². The van der Waals surface area contributed by atoms with Crippen molar-refractivity contribution in [2.24, 2.45) is 5.41 Å². The molecule has 1 saturated heterocycles. The molecule has 2 fully saturated rings. The molecular weight excluding hydrogens is 485 g/mol. The number of rotatable bonds is 4. The summed E-state index contributed by atoms with van der Waals surface area (Å²) in [7, 11) is 0. The minimum Gasteiger partial charge on any atom is -0.371 e. The molecule has 5 rings (SSSR count). The Balaban J connectivity index is 1.39. The van der Waals surface area contributed by atoms with Crippen LogP contribution >= 0.6 is 15.9 Å². The molecule has 0 bridgehead atoms. The van der Waals surface area contributed by atoms with Gasteiger partial charge in [0.1, 0.15) is 6.54 Å². The summed E-state index contributed by atoms with van der Waals surface area (Å²) in [4.78, 5) is 19.4. The smallest absolute Gasteiger partial charge is 0.371 e. The molecule has 1 aliphatic carbocycles. The minimum absolute atomic E-state index is 0.291. The molecule has 3 aromatic rings. The predicted molar refractivity (Wildman–Crippen MR) is 121 cm³/mol. The van der Waals surface area contributed by atoms with Crippen molar-refractivity contribution < 1.29 is 18.0 Å². The number of anilines is 2. The van der Waals surface area contributed by atoms with E-state index >= 15 is 0 Å². The highest BCUT2D eigenvalue weighted by molar-refractivity contribution is 9.10. The summed E-state index contributed by atoms with van der Waals surface area (Å²) in [6.45, 7) is 0.701. The van der Waals surface area contributed by atoms with E-state index in [0.29, 0.717) is 27.7 Å². The van der Waals surface area contributed by atoms with E-state index in [4.69, 9.17) is 0 Å². The highest BCUT2D eigenvalue weighted by Gasteiger charge is 2.44. The topological polar surface area (TPSA) is 50.2 Å². The second-order valence-corrected chi connectivity index (χ2v) is 9.71. The molecule has 2 heterocycles. The highest BCUT2D eigenvalue weighted by Crippen LogP contribution is 2.54. The van der Waals surface area contributed by atoms with E-state index in [1.807, 2.05) is 12.1 Å². The van der Waals surface area contributed by atoms with Gasteiger partial charge in [0.15, 0.2) is 0 Å². The zero-order valence-electron chi connectivity index (χ0n) is 17.3. The summed E-state index contributed by atoms with van der Waals surface area (Å²) in [6, 6.07) is 10.4. The normalized spacial score (nSPS) is 17.7. The Morgan fingerprint density at radius 1 is 1.09 bits per heavy atom. The molecule has 168 valence electrons. The number of alkyl halides is 3. The van der Waals surface area contributed by atoms with Crippen LogP contribution in [0.5, 0.6) is 0 Å². The maximum absolute atomic E-state index is 13.2. The summed E-state index contributed by atoms with van der Waals surface area (Å²) >= 11 is 3.51. The molecule has 1 spiro atoms. The third-order valence-corrected chi connectivity index (χ3v) is 7.05. The lowest BCUT2D eigenvalue weighted by atomic mass is 9.93. The first-order valence-electron chi connectivity index (χ1n) is 10.6. The SMILES string of the molecule is O=C(Nc1ccc2ncn(CC(F)(F)F)c2c1)c1ccc(Br)cc1N1CCC2(CC1)CC2. The van der Waals surface area contributed by atoms with Crippen molar-refractivity contribution in [2.45, 2.75) is 38.4 Å². The Labute approximate surface area is 191 Å². The van der Waals surface area contributed by atoms with Gasteiger partial charge in [-0.2, -0.15) is 13.2 Å². The molecule has 32 heavy (non-hydrogen) atoms. The summed E-state index contributed by atoms with van der Waals surface area (Å²) in [5, 5.41) is 2.85. The Morgan fingerprint density at radius 3 is 2.53 bits per heavy atom. The third-order valence-electron chi connectivity index (χ3n) is 6.55. The van der Waals surface area contributed by atoms with Gasteiger partial charge in [-0.15, -0.1) is 0 Å². The number of carbonyl (C=O) groups is 1. The fourth-order valence-corrected chi connectivity index (χ4v) is 4.86. The minimum atomic E-state index is -4.35. The lowest BCUT2D eigenvalue weighted by Gasteiger charge is -2.35. The molecule has 2 aromatic carbocycles. The van der Waals surface area contributed by atoms with E-state index < -0.39 is 12.7 Å². The van der Waals surface area contributed by atoms with E-state index in [2.05, 4.69) is 31.1 Å². The van der Waals surface area contributed by atoms with Gasteiger partial charge in [-0.25, -0.2) is 4.98 Å². The zero-order chi connectivity index (χ0) is 22.5. The fourth-order valence-electron chi connectivity index (χ4n) is 4.51. The number of benzene rings is 2. The summed E-state index contributed by atoms with van der Waals surface area (Å²) < 4.78 is 40.5. The Bertz CT molecular complexity index is 1180. The van der Waals surface area contributed by atoms with E-state index in [1.54, 1.807) is 18.2 Å². The van der Waals surface area contributed by atoms with Gasteiger partial charge in [0, 0.05) is 23.2 Å². The number of nitrogens with one attached hydrogen (secondary N) is 1. The maximum Gasteiger partial charge on any atom is 0.406 e. The number of hydrogen-bond donors (Lipinski definition) is 1. The average molecular weight is 507 g/mol. The second-order valence-electron chi connectivity index (χ2n) is 8.79. The van der Waals surface area contributed by atoms with E-state index in [-0.39, 0.29) is 5.91 Å². The van der Waals surface area contributed by atoms with Crippen LogP contribution in [0.3, 0.4) is 0 Å². The largest absolute Gasteiger partial charge is 0.406 e. The number of halogens is 4. The van der Waals surface area contributed by atoms with Crippen LogP contribution in [0.4, 0.5) is 24.5 Å². The molecule has 0 unspecified atom stereocenters. The lowest BCUT2D eigenvalue weighted by molar-refractivity contribution is -0.139. The zero-order valence-corrected chi connectivity index (χ0v) is 18.8.